The Hall–Kier alpha value is -2.63. The van der Waals surface area contributed by atoms with E-state index in [0.717, 1.165) is 0 Å². The normalized spacial score (nSPS) is 32.4. The number of fused-ring (bicyclic) bond motifs is 5. The number of halogens is 2. The molecule has 1 unspecified atom stereocenters. The first-order chi connectivity index (χ1) is 17.8. The van der Waals surface area contributed by atoms with Gasteiger partial charge in [0.2, 0.25) is 11.7 Å². The number of nitrogens with zero attached hydrogens (tertiary/aromatic N) is 3. The van der Waals surface area contributed by atoms with E-state index >= 15 is 0 Å². The second-order valence-electron chi connectivity index (χ2n) is 10.6. The lowest BCUT2D eigenvalue weighted by atomic mass is 9.80. The van der Waals surface area contributed by atoms with Crippen molar-refractivity contribution in [1.29, 1.82) is 0 Å². The monoisotopic (exact) mass is 567 g/mol. The summed E-state index contributed by atoms with van der Waals surface area (Å²) < 4.78 is 29.9. The van der Waals surface area contributed by atoms with Crippen LogP contribution in [0.5, 0.6) is 0 Å². The molecule has 3 aliphatic heterocycles. The summed E-state index contributed by atoms with van der Waals surface area (Å²) >= 11 is 5.86. The molecule has 0 radical (unpaired) electrons. The molecule has 2 aliphatic carbocycles. The van der Waals surface area contributed by atoms with E-state index in [1.54, 1.807) is 0 Å². The molecule has 3 amide bonds. The second-order valence-corrected chi connectivity index (χ2v) is 12.3. The minimum atomic E-state index is -4.83. The Morgan fingerprint density at radius 3 is 2.61 bits per heavy atom. The van der Waals surface area contributed by atoms with Gasteiger partial charge < -0.3 is 19.6 Å². The maximum Gasteiger partial charge on any atom is 0.469 e. The highest BCUT2D eigenvalue weighted by molar-refractivity contribution is 7.46. The number of amides is 3. The van der Waals surface area contributed by atoms with Crippen LogP contribution in [0.3, 0.4) is 0 Å². The maximum absolute atomic E-state index is 13.7. The SMILES string of the molecule is CN1C(=O)C2=C3CCN(Cc4ccc(F)c(Cl)c4)C(=O)C3C(=O)C(=O)N2[C@]12CC[C@@H]1C[C@@]12COP(=O)(O)O. The van der Waals surface area contributed by atoms with Crippen LogP contribution in [0.25, 0.3) is 0 Å². The van der Waals surface area contributed by atoms with Crippen molar-refractivity contribution in [3.05, 3.63) is 45.9 Å². The van der Waals surface area contributed by atoms with Crippen LogP contribution in [0.2, 0.25) is 5.02 Å². The third kappa shape index (κ3) is 3.34. The van der Waals surface area contributed by atoms with Gasteiger partial charge in [-0.15, -0.1) is 0 Å². The van der Waals surface area contributed by atoms with Gasteiger partial charge in [-0.1, -0.05) is 17.7 Å². The number of hydrogen-bond acceptors (Lipinski definition) is 6. The van der Waals surface area contributed by atoms with Crippen molar-refractivity contribution in [2.45, 2.75) is 37.9 Å². The highest BCUT2D eigenvalue weighted by atomic mass is 35.5. The summed E-state index contributed by atoms with van der Waals surface area (Å²) in [6, 6.07) is 4.04. The van der Waals surface area contributed by atoms with Gasteiger partial charge in [0.1, 0.15) is 23.1 Å². The number of piperidine rings is 1. The predicted molar refractivity (Wildman–Crippen MR) is 127 cm³/mol. The fourth-order valence-corrected chi connectivity index (χ4v) is 7.73. The summed E-state index contributed by atoms with van der Waals surface area (Å²) in [5, 5.41) is -0.106. The number of rotatable bonds is 5. The largest absolute Gasteiger partial charge is 0.469 e. The van der Waals surface area contributed by atoms with E-state index in [9.17, 15) is 37.9 Å². The number of phosphoric acid groups is 1. The van der Waals surface area contributed by atoms with E-state index in [0.29, 0.717) is 24.8 Å². The summed E-state index contributed by atoms with van der Waals surface area (Å²) in [5.41, 5.74) is -1.42. The quantitative estimate of drug-likeness (QED) is 0.310. The predicted octanol–water partition coefficient (Wildman–Crippen LogP) is 1.57. The molecular weight excluding hydrogens is 544 g/mol. The molecule has 2 saturated carbocycles. The number of benzene rings is 1. The number of carbonyl (C=O) groups excluding carboxylic acids is 4. The Balaban J connectivity index is 1.37. The molecule has 0 bridgehead atoms. The van der Waals surface area contributed by atoms with Crippen molar-refractivity contribution in [3.63, 3.8) is 0 Å². The van der Waals surface area contributed by atoms with Crippen LogP contribution < -0.4 is 0 Å². The van der Waals surface area contributed by atoms with Gasteiger partial charge in [-0.25, -0.2) is 8.96 Å². The first-order valence-corrected chi connectivity index (χ1v) is 14.1. The second kappa shape index (κ2) is 8.19. The fraction of sp³-hybridized carbons (Fsp3) is 0.500. The third-order valence-electron chi connectivity index (χ3n) is 8.91. The lowest BCUT2D eigenvalue weighted by molar-refractivity contribution is -0.160. The van der Waals surface area contributed by atoms with Gasteiger partial charge in [-0.05, 0) is 54.9 Å². The molecule has 5 aliphatic rings. The summed E-state index contributed by atoms with van der Waals surface area (Å²) in [4.78, 5) is 76.9. The Morgan fingerprint density at radius 2 is 1.95 bits per heavy atom. The van der Waals surface area contributed by atoms with Gasteiger partial charge in [0.25, 0.3) is 11.8 Å². The van der Waals surface area contributed by atoms with Crippen molar-refractivity contribution in [2.75, 3.05) is 20.2 Å². The summed E-state index contributed by atoms with van der Waals surface area (Å²) in [5.74, 6) is -5.16. The number of likely N-dealkylation sites (N-methyl/N-ethyl adjacent to an activating group) is 1. The van der Waals surface area contributed by atoms with Crippen molar-refractivity contribution in [3.8, 4) is 0 Å². The van der Waals surface area contributed by atoms with Crippen LogP contribution in [0.4, 0.5) is 4.39 Å². The third-order valence-corrected chi connectivity index (χ3v) is 9.67. The zero-order valence-corrected chi connectivity index (χ0v) is 21.9. The zero-order valence-electron chi connectivity index (χ0n) is 20.2. The minimum absolute atomic E-state index is 0.00281. The van der Waals surface area contributed by atoms with Gasteiger partial charge in [-0.2, -0.15) is 0 Å². The van der Waals surface area contributed by atoms with Crippen LogP contribution in [-0.2, 0) is 34.8 Å². The van der Waals surface area contributed by atoms with Gasteiger partial charge in [0.15, 0.2) is 0 Å². The van der Waals surface area contributed by atoms with Crippen molar-refractivity contribution < 1.29 is 42.4 Å². The van der Waals surface area contributed by atoms with E-state index in [-0.39, 0.29) is 48.3 Å². The summed E-state index contributed by atoms with van der Waals surface area (Å²) in [6.45, 7) is -0.167. The molecular formula is C24H24ClFN3O8P. The lowest BCUT2D eigenvalue weighted by Crippen LogP contribution is -2.63. The molecule has 202 valence electrons. The Labute approximate surface area is 221 Å². The Morgan fingerprint density at radius 1 is 1.21 bits per heavy atom. The Bertz CT molecular complexity index is 1410. The molecule has 3 heterocycles. The van der Waals surface area contributed by atoms with Crippen LogP contribution in [-0.4, -0.2) is 73.9 Å². The van der Waals surface area contributed by atoms with Crippen LogP contribution in [0, 0.1) is 23.1 Å². The molecule has 0 aromatic heterocycles. The standard InChI is InChI=1S/C24H24ClFN3O8P/c1-27-21(32)18-14-5-7-28(10-12-2-3-16(26)15(25)8-12)20(31)17(14)19(30)22(33)29(18)24(27)6-4-13-9-23(13,24)11-37-38(34,35)36/h2-3,8,13,17H,4-7,9-11H2,1H3,(H2,34,35,36)/t13-,17?,23-,24+/m1/s1. The number of likely N-dealkylation sites (tertiary alicyclic amines) is 1. The molecule has 2 N–H and O–H groups in total. The average molecular weight is 568 g/mol. The lowest BCUT2D eigenvalue weighted by Gasteiger charge is -2.47. The van der Waals surface area contributed by atoms with Gasteiger partial charge in [-0.3, -0.25) is 28.6 Å². The van der Waals surface area contributed by atoms with E-state index < -0.39 is 54.1 Å². The van der Waals surface area contributed by atoms with Gasteiger partial charge in [0, 0.05) is 25.6 Å². The molecule has 1 aromatic carbocycles. The first kappa shape index (κ1) is 25.6. The molecule has 14 heteroatoms. The molecule has 6 rings (SSSR count). The number of ketones is 1. The van der Waals surface area contributed by atoms with E-state index in [4.69, 9.17) is 16.1 Å². The van der Waals surface area contributed by atoms with Crippen LogP contribution in [0.1, 0.15) is 31.2 Å². The number of hydrogen-bond donors (Lipinski definition) is 2. The minimum Gasteiger partial charge on any atom is -0.337 e. The highest BCUT2D eigenvalue weighted by Gasteiger charge is 2.80. The van der Waals surface area contributed by atoms with Gasteiger partial charge in [0.05, 0.1) is 11.6 Å². The maximum atomic E-state index is 13.7. The van der Waals surface area contributed by atoms with E-state index in [1.165, 1.54) is 39.9 Å². The summed E-state index contributed by atoms with van der Waals surface area (Å²) in [7, 11) is -3.32. The van der Waals surface area contributed by atoms with E-state index in [1.807, 2.05) is 0 Å². The molecule has 38 heavy (non-hydrogen) atoms. The smallest absolute Gasteiger partial charge is 0.337 e. The van der Waals surface area contributed by atoms with Crippen LogP contribution in [0.15, 0.2) is 29.5 Å². The first-order valence-electron chi connectivity index (χ1n) is 12.1. The molecule has 1 spiro atoms. The number of phosphoric ester groups is 1. The van der Waals surface area contributed by atoms with Gasteiger partial charge >= 0.3 is 7.82 Å². The van der Waals surface area contributed by atoms with Crippen molar-refractivity contribution in [2.24, 2.45) is 17.3 Å². The molecule has 2 saturated heterocycles. The summed E-state index contributed by atoms with van der Waals surface area (Å²) in [6.07, 6.45) is 1.54. The topological polar surface area (TPSA) is 145 Å². The highest BCUT2D eigenvalue weighted by Crippen LogP contribution is 2.73. The zero-order chi connectivity index (χ0) is 27.4. The van der Waals surface area contributed by atoms with Crippen molar-refractivity contribution in [1.82, 2.24) is 14.7 Å². The van der Waals surface area contributed by atoms with Crippen molar-refractivity contribution >= 4 is 42.9 Å². The fourth-order valence-electron chi connectivity index (χ4n) is 7.13. The average Bonchev–Trinajstić information content (AvgIpc) is 3.43. The van der Waals surface area contributed by atoms with E-state index in [2.05, 4.69) is 0 Å². The molecule has 11 nitrogen and oxygen atoms in total. The number of carbonyl (C=O) groups is 4. The Kier molecular flexibility index (Phi) is 5.52. The molecule has 4 fully saturated rings. The van der Waals surface area contributed by atoms with Crippen LogP contribution >= 0.6 is 19.4 Å². The number of Topliss-reactive ketones (excluding diaryl/α,β-unsaturated/α-hetero) is 1. The molecule has 4 atom stereocenters. The molecule has 1 aromatic rings.